The minimum Gasteiger partial charge on any atom is -0.366 e. The van der Waals surface area contributed by atoms with E-state index in [1.54, 1.807) is 25.1 Å². The lowest BCUT2D eigenvalue weighted by Gasteiger charge is -2.11. The van der Waals surface area contributed by atoms with Crippen molar-refractivity contribution in [2.45, 2.75) is 13.3 Å². The molecule has 4 nitrogen and oxygen atoms in total. The highest BCUT2D eigenvalue weighted by atomic mass is 79.9. The Labute approximate surface area is 131 Å². The SMILES string of the molecule is Cc1c(NC(=O)Cc2ccccc2Br)cccc1C(N)=O. The molecule has 3 N–H and O–H groups in total. The number of amides is 2. The maximum absolute atomic E-state index is 12.1. The number of nitrogens with two attached hydrogens (primary N) is 1. The summed E-state index contributed by atoms with van der Waals surface area (Å²) in [5.74, 6) is -0.652. The Morgan fingerprint density at radius 2 is 1.86 bits per heavy atom. The lowest BCUT2D eigenvalue weighted by Crippen LogP contribution is -2.18. The first kappa shape index (κ1) is 15.3. The number of hydrogen-bond acceptors (Lipinski definition) is 2. The van der Waals surface area contributed by atoms with Gasteiger partial charge in [-0.2, -0.15) is 0 Å². The zero-order valence-corrected chi connectivity index (χ0v) is 13.1. The molecular weight excluding hydrogens is 332 g/mol. The zero-order valence-electron chi connectivity index (χ0n) is 11.5. The van der Waals surface area contributed by atoms with E-state index in [1.165, 1.54) is 0 Å². The van der Waals surface area contributed by atoms with Gasteiger partial charge in [-0.05, 0) is 36.2 Å². The average molecular weight is 347 g/mol. The Hall–Kier alpha value is -2.14. The summed E-state index contributed by atoms with van der Waals surface area (Å²) in [7, 11) is 0. The molecule has 0 aromatic heterocycles. The Kier molecular flexibility index (Phi) is 4.75. The molecule has 0 spiro atoms. The first-order valence-corrected chi connectivity index (χ1v) is 7.21. The van der Waals surface area contributed by atoms with Gasteiger partial charge in [-0.1, -0.05) is 40.2 Å². The summed E-state index contributed by atoms with van der Waals surface area (Å²) in [5.41, 5.74) is 7.88. The fourth-order valence-corrected chi connectivity index (χ4v) is 2.47. The van der Waals surface area contributed by atoms with Crippen LogP contribution in [-0.2, 0) is 11.2 Å². The molecule has 0 aliphatic carbocycles. The van der Waals surface area contributed by atoms with Crippen LogP contribution in [-0.4, -0.2) is 11.8 Å². The van der Waals surface area contributed by atoms with Crippen LogP contribution in [0.4, 0.5) is 5.69 Å². The topological polar surface area (TPSA) is 72.2 Å². The number of carbonyl (C=O) groups excluding carboxylic acids is 2. The van der Waals surface area contributed by atoms with Crippen LogP contribution in [0, 0.1) is 6.92 Å². The van der Waals surface area contributed by atoms with Crippen molar-refractivity contribution < 1.29 is 9.59 Å². The first-order chi connectivity index (χ1) is 9.99. The van der Waals surface area contributed by atoms with Gasteiger partial charge in [0, 0.05) is 15.7 Å². The standard InChI is InChI=1S/C16H15BrN2O2/c1-10-12(16(18)21)6-4-8-14(10)19-15(20)9-11-5-2-3-7-13(11)17/h2-8H,9H2,1H3,(H2,18,21)(H,19,20). The summed E-state index contributed by atoms with van der Waals surface area (Å²) in [6.07, 6.45) is 0.252. The van der Waals surface area contributed by atoms with Crippen molar-refractivity contribution in [3.63, 3.8) is 0 Å². The molecule has 0 radical (unpaired) electrons. The molecule has 0 aliphatic heterocycles. The third kappa shape index (κ3) is 3.70. The van der Waals surface area contributed by atoms with E-state index in [0.29, 0.717) is 16.8 Å². The Balaban J connectivity index is 2.15. The highest BCUT2D eigenvalue weighted by Gasteiger charge is 2.12. The van der Waals surface area contributed by atoms with E-state index in [-0.39, 0.29) is 12.3 Å². The molecule has 0 saturated carbocycles. The van der Waals surface area contributed by atoms with E-state index in [0.717, 1.165) is 10.0 Å². The number of benzene rings is 2. The normalized spacial score (nSPS) is 10.2. The molecule has 2 aromatic rings. The largest absolute Gasteiger partial charge is 0.366 e. The van der Waals surface area contributed by atoms with E-state index in [4.69, 9.17) is 5.73 Å². The van der Waals surface area contributed by atoms with Crippen molar-refractivity contribution in [3.8, 4) is 0 Å². The van der Waals surface area contributed by atoms with Gasteiger partial charge in [0.1, 0.15) is 0 Å². The number of anilines is 1. The second-order valence-electron chi connectivity index (χ2n) is 4.66. The molecule has 0 aliphatic rings. The van der Waals surface area contributed by atoms with Crippen LogP contribution in [0.15, 0.2) is 46.9 Å². The van der Waals surface area contributed by atoms with Gasteiger partial charge >= 0.3 is 0 Å². The maximum atomic E-state index is 12.1. The van der Waals surface area contributed by atoms with Crippen molar-refractivity contribution in [1.82, 2.24) is 0 Å². The fourth-order valence-electron chi connectivity index (χ4n) is 2.05. The van der Waals surface area contributed by atoms with Crippen molar-refractivity contribution in [3.05, 3.63) is 63.6 Å². The highest BCUT2D eigenvalue weighted by molar-refractivity contribution is 9.10. The molecular formula is C16H15BrN2O2. The Morgan fingerprint density at radius 3 is 2.52 bits per heavy atom. The van der Waals surface area contributed by atoms with Crippen LogP contribution in [0.1, 0.15) is 21.5 Å². The van der Waals surface area contributed by atoms with Gasteiger partial charge in [-0.25, -0.2) is 0 Å². The van der Waals surface area contributed by atoms with Gasteiger partial charge in [0.25, 0.3) is 0 Å². The molecule has 0 saturated heterocycles. The van der Waals surface area contributed by atoms with Gasteiger partial charge in [-0.3, -0.25) is 9.59 Å². The third-order valence-electron chi connectivity index (χ3n) is 3.18. The molecule has 0 unspecified atom stereocenters. The molecule has 2 amide bonds. The molecule has 0 bridgehead atoms. The minimum atomic E-state index is -0.505. The van der Waals surface area contributed by atoms with Crippen LogP contribution in [0.2, 0.25) is 0 Å². The highest BCUT2D eigenvalue weighted by Crippen LogP contribution is 2.20. The Morgan fingerprint density at radius 1 is 1.14 bits per heavy atom. The van der Waals surface area contributed by atoms with Gasteiger partial charge in [0.15, 0.2) is 0 Å². The molecule has 5 heteroatoms. The van der Waals surface area contributed by atoms with Crippen LogP contribution < -0.4 is 11.1 Å². The number of carbonyl (C=O) groups is 2. The second-order valence-corrected chi connectivity index (χ2v) is 5.51. The third-order valence-corrected chi connectivity index (χ3v) is 3.96. The van der Waals surface area contributed by atoms with E-state index in [2.05, 4.69) is 21.2 Å². The van der Waals surface area contributed by atoms with E-state index >= 15 is 0 Å². The number of primary amides is 1. The van der Waals surface area contributed by atoms with Crippen LogP contribution in [0.3, 0.4) is 0 Å². The fraction of sp³-hybridized carbons (Fsp3) is 0.125. The number of rotatable bonds is 4. The van der Waals surface area contributed by atoms with Crippen molar-refractivity contribution in [2.24, 2.45) is 5.73 Å². The summed E-state index contributed by atoms with van der Waals surface area (Å²) < 4.78 is 0.891. The van der Waals surface area contributed by atoms with Gasteiger partial charge in [-0.15, -0.1) is 0 Å². The summed E-state index contributed by atoms with van der Waals surface area (Å²) in [6.45, 7) is 1.76. The second kappa shape index (κ2) is 6.54. The lowest BCUT2D eigenvalue weighted by atomic mass is 10.1. The van der Waals surface area contributed by atoms with Gasteiger partial charge in [0.05, 0.1) is 6.42 Å². The lowest BCUT2D eigenvalue weighted by molar-refractivity contribution is -0.115. The summed E-state index contributed by atoms with van der Waals surface area (Å²) in [4.78, 5) is 23.4. The maximum Gasteiger partial charge on any atom is 0.249 e. The van der Waals surface area contributed by atoms with Crippen molar-refractivity contribution in [1.29, 1.82) is 0 Å². The number of nitrogens with one attached hydrogen (secondary N) is 1. The van der Waals surface area contributed by atoms with E-state index in [1.807, 2.05) is 24.3 Å². The Bertz CT molecular complexity index is 698. The van der Waals surface area contributed by atoms with E-state index < -0.39 is 5.91 Å². The molecule has 0 fully saturated rings. The molecule has 21 heavy (non-hydrogen) atoms. The van der Waals surface area contributed by atoms with Crippen LogP contribution in [0.25, 0.3) is 0 Å². The molecule has 2 aromatic carbocycles. The summed E-state index contributed by atoms with van der Waals surface area (Å²) in [5, 5.41) is 2.81. The van der Waals surface area contributed by atoms with Crippen LogP contribution >= 0.6 is 15.9 Å². The predicted octanol–water partition coefficient (Wildman–Crippen LogP) is 3.04. The molecule has 0 heterocycles. The van der Waals surface area contributed by atoms with E-state index in [9.17, 15) is 9.59 Å². The quantitative estimate of drug-likeness (QED) is 0.892. The first-order valence-electron chi connectivity index (χ1n) is 6.41. The number of halogens is 1. The van der Waals surface area contributed by atoms with Crippen LogP contribution in [0.5, 0.6) is 0 Å². The summed E-state index contributed by atoms with van der Waals surface area (Å²) >= 11 is 3.41. The molecule has 108 valence electrons. The molecule has 2 rings (SSSR count). The minimum absolute atomic E-state index is 0.147. The zero-order chi connectivity index (χ0) is 15.4. The van der Waals surface area contributed by atoms with Gasteiger partial charge in [0.2, 0.25) is 11.8 Å². The monoisotopic (exact) mass is 346 g/mol. The smallest absolute Gasteiger partial charge is 0.249 e. The molecule has 0 atom stereocenters. The average Bonchev–Trinajstić information content (AvgIpc) is 2.43. The predicted molar refractivity (Wildman–Crippen MR) is 86.2 cm³/mol. The van der Waals surface area contributed by atoms with Crippen molar-refractivity contribution >= 4 is 33.4 Å². The summed E-state index contributed by atoms with van der Waals surface area (Å²) in [6, 6.07) is 12.6. The number of hydrogen-bond donors (Lipinski definition) is 2. The van der Waals surface area contributed by atoms with Gasteiger partial charge < -0.3 is 11.1 Å². The van der Waals surface area contributed by atoms with Crippen molar-refractivity contribution in [2.75, 3.05) is 5.32 Å².